The SMILES string of the molecule is O=C(O/N=C1/CCCC/C1=C\c1ccccc1)c1ccccc1. The van der Waals surface area contributed by atoms with Gasteiger partial charge in [-0.2, -0.15) is 0 Å². The van der Waals surface area contributed by atoms with E-state index in [4.69, 9.17) is 4.84 Å². The van der Waals surface area contributed by atoms with Gasteiger partial charge in [-0.05, 0) is 55.0 Å². The van der Waals surface area contributed by atoms with Crippen LogP contribution in [0.3, 0.4) is 0 Å². The molecular formula is C20H19NO2. The fraction of sp³-hybridized carbons (Fsp3) is 0.200. The second kappa shape index (κ2) is 7.54. The van der Waals surface area contributed by atoms with Gasteiger partial charge < -0.3 is 4.84 Å². The lowest BCUT2D eigenvalue weighted by Crippen LogP contribution is -2.11. The number of nitrogens with zero attached hydrogens (tertiary/aromatic N) is 1. The molecule has 0 aromatic heterocycles. The van der Waals surface area contributed by atoms with Crippen LogP contribution >= 0.6 is 0 Å². The third-order valence-corrected chi connectivity index (χ3v) is 3.87. The number of hydrogen-bond donors (Lipinski definition) is 0. The Morgan fingerprint density at radius 2 is 1.57 bits per heavy atom. The van der Waals surface area contributed by atoms with Gasteiger partial charge in [0.15, 0.2) is 0 Å². The molecule has 3 nitrogen and oxygen atoms in total. The lowest BCUT2D eigenvalue weighted by molar-refractivity contribution is 0.0515. The van der Waals surface area contributed by atoms with E-state index in [-0.39, 0.29) is 0 Å². The Kier molecular flexibility index (Phi) is 4.99. The van der Waals surface area contributed by atoms with Crippen molar-refractivity contribution in [1.29, 1.82) is 0 Å². The Hall–Kier alpha value is -2.68. The highest BCUT2D eigenvalue weighted by molar-refractivity contribution is 6.04. The Morgan fingerprint density at radius 1 is 0.913 bits per heavy atom. The summed E-state index contributed by atoms with van der Waals surface area (Å²) >= 11 is 0. The zero-order valence-corrected chi connectivity index (χ0v) is 12.9. The molecule has 0 radical (unpaired) electrons. The minimum Gasteiger partial charge on any atom is -0.313 e. The van der Waals surface area contributed by atoms with E-state index in [2.05, 4.69) is 23.4 Å². The molecule has 3 heteroatoms. The molecule has 0 heterocycles. The molecule has 23 heavy (non-hydrogen) atoms. The second-order valence-corrected chi connectivity index (χ2v) is 5.57. The second-order valence-electron chi connectivity index (χ2n) is 5.57. The Labute approximate surface area is 136 Å². The van der Waals surface area contributed by atoms with Crippen molar-refractivity contribution >= 4 is 17.8 Å². The molecule has 0 saturated heterocycles. The highest BCUT2D eigenvalue weighted by atomic mass is 16.7. The molecule has 0 aliphatic heterocycles. The Bertz CT molecular complexity index is 718. The number of benzene rings is 2. The van der Waals surface area contributed by atoms with Crippen molar-refractivity contribution in [1.82, 2.24) is 0 Å². The van der Waals surface area contributed by atoms with Crippen molar-refractivity contribution in [3.63, 3.8) is 0 Å². The van der Waals surface area contributed by atoms with Crippen LogP contribution < -0.4 is 0 Å². The van der Waals surface area contributed by atoms with E-state index in [0.29, 0.717) is 5.56 Å². The first-order valence-corrected chi connectivity index (χ1v) is 7.92. The molecule has 0 atom stereocenters. The zero-order valence-electron chi connectivity index (χ0n) is 12.9. The number of oxime groups is 1. The van der Waals surface area contributed by atoms with Crippen molar-refractivity contribution in [3.8, 4) is 0 Å². The molecule has 0 bridgehead atoms. The van der Waals surface area contributed by atoms with Gasteiger partial charge in [0.1, 0.15) is 0 Å². The highest BCUT2D eigenvalue weighted by Gasteiger charge is 2.15. The minimum absolute atomic E-state index is 0.414. The van der Waals surface area contributed by atoms with Crippen LogP contribution in [0.1, 0.15) is 41.6 Å². The number of allylic oxidation sites excluding steroid dienone is 1. The van der Waals surface area contributed by atoms with Gasteiger partial charge in [-0.3, -0.25) is 0 Å². The lowest BCUT2D eigenvalue weighted by atomic mass is 9.91. The van der Waals surface area contributed by atoms with Gasteiger partial charge in [0, 0.05) is 0 Å². The van der Waals surface area contributed by atoms with Crippen LogP contribution in [0.4, 0.5) is 0 Å². The fourth-order valence-electron chi connectivity index (χ4n) is 2.65. The van der Waals surface area contributed by atoms with Crippen LogP contribution in [0.15, 0.2) is 71.4 Å². The standard InChI is InChI=1S/C20H19NO2/c22-20(17-11-5-2-6-12-17)23-21-19-14-8-7-13-18(19)15-16-9-3-1-4-10-16/h1-6,9-12,15H,7-8,13-14H2/b18-15+,21-19-. The van der Waals surface area contributed by atoms with Gasteiger partial charge >= 0.3 is 5.97 Å². The number of carbonyl (C=O) groups is 1. The maximum absolute atomic E-state index is 12.0. The first-order chi connectivity index (χ1) is 11.3. The summed E-state index contributed by atoms with van der Waals surface area (Å²) in [6, 6.07) is 19.1. The van der Waals surface area contributed by atoms with Crippen LogP contribution in [0.5, 0.6) is 0 Å². The molecule has 2 aromatic rings. The minimum atomic E-state index is -0.414. The van der Waals surface area contributed by atoms with Crippen LogP contribution in [-0.4, -0.2) is 11.7 Å². The van der Waals surface area contributed by atoms with Gasteiger partial charge in [-0.25, -0.2) is 4.79 Å². The monoisotopic (exact) mass is 305 g/mol. The average Bonchev–Trinajstić information content (AvgIpc) is 2.62. The van der Waals surface area contributed by atoms with Crippen LogP contribution in [-0.2, 0) is 4.84 Å². The van der Waals surface area contributed by atoms with Gasteiger partial charge in [0.05, 0.1) is 11.3 Å². The third-order valence-electron chi connectivity index (χ3n) is 3.87. The van der Waals surface area contributed by atoms with Crippen molar-refractivity contribution in [2.45, 2.75) is 25.7 Å². The van der Waals surface area contributed by atoms with E-state index in [1.807, 2.05) is 36.4 Å². The molecule has 0 amide bonds. The van der Waals surface area contributed by atoms with Crippen LogP contribution in [0.25, 0.3) is 6.08 Å². The van der Waals surface area contributed by atoms with Gasteiger partial charge in [-0.15, -0.1) is 0 Å². The van der Waals surface area contributed by atoms with Crippen molar-refractivity contribution in [3.05, 3.63) is 77.4 Å². The summed E-state index contributed by atoms with van der Waals surface area (Å²) in [5, 5.41) is 4.14. The predicted octanol–water partition coefficient (Wildman–Crippen LogP) is 4.86. The number of hydrogen-bond acceptors (Lipinski definition) is 3. The summed E-state index contributed by atoms with van der Waals surface area (Å²) in [6.45, 7) is 0. The zero-order chi connectivity index (χ0) is 15.9. The highest BCUT2D eigenvalue weighted by Crippen LogP contribution is 2.23. The average molecular weight is 305 g/mol. The van der Waals surface area contributed by atoms with Crippen molar-refractivity contribution < 1.29 is 9.63 Å². The molecular weight excluding hydrogens is 286 g/mol. The lowest BCUT2D eigenvalue weighted by Gasteiger charge is -2.16. The summed E-state index contributed by atoms with van der Waals surface area (Å²) in [5.41, 5.74) is 3.69. The van der Waals surface area contributed by atoms with E-state index in [1.165, 1.54) is 0 Å². The van der Waals surface area contributed by atoms with E-state index >= 15 is 0 Å². The number of rotatable bonds is 3. The molecule has 3 rings (SSSR count). The molecule has 1 fully saturated rings. The summed E-state index contributed by atoms with van der Waals surface area (Å²) in [7, 11) is 0. The molecule has 0 N–H and O–H groups in total. The van der Waals surface area contributed by atoms with E-state index in [0.717, 1.165) is 42.5 Å². The molecule has 0 unspecified atom stereocenters. The summed E-state index contributed by atoms with van der Waals surface area (Å²) < 4.78 is 0. The molecule has 2 aromatic carbocycles. The quantitative estimate of drug-likeness (QED) is 0.600. The van der Waals surface area contributed by atoms with Gasteiger partial charge in [-0.1, -0.05) is 53.7 Å². The van der Waals surface area contributed by atoms with E-state index < -0.39 is 5.97 Å². The summed E-state index contributed by atoms with van der Waals surface area (Å²) in [4.78, 5) is 17.1. The largest absolute Gasteiger partial charge is 0.365 e. The summed E-state index contributed by atoms with van der Waals surface area (Å²) in [6.07, 6.45) is 6.17. The molecule has 1 aliphatic rings. The van der Waals surface area contributed by atoms with Crippen molar-refractivity contribution in [2.75, 3.05) is 0 Å². The Morgan fingerprint density at radius 3 is 2.30 bits per heavy atom. The fourth-order valence-corrected chi connectivity index (χ4v) is 2.65. The van der Waals surface area contributed by atoms with E-state index in [1.54, 1.807) is 12.1 Å². The smallest absolute Gasteiger partial charge is 0.313 e. The normalized spacial score (nSPS) is 18.1. The number of carbonyl (C=O) groups excluding carboxylic acids is 1. The molecule has 0 spiro atoms. The molecule has 1 aliphatic carbocycles. The first-order valence-electron chi connectivity index (χ1n) is 7.92. The van der Waals surface area contributed by atoms with E-state index in [9.17, 15) is 4.79 Å². The maximum Gasteiger partial charge on any atom is 0.365 e. The summed E-state index contributed by atoms with van der Waals surface area (Å²) in [5.74, 6) is -0.414. The third kappa shape index (κ3) is 4.16. The van der Waals surface area contributed by atoms with Crippen molar-refractivity contribution in [2.24, 2.45) is 5.16 Å². The van der Waals surface area contributed by atoms with Crippen LogP contribution in [0, 0.1) is 0 Å². The maximum atomic E-state index is 12.0. The first kappa shape index (κ1) is 15.2. The molecule has 116 valence electrons. The molecule has 1 saturated carbocycles. The topological polar surface area (TPSA) is 38.7 Å². The van der Waals surface area contributed by atoms with Gasteiger partial charge in [0.25, 0.3) is 0 Å². The Balaban J connectivity index is 1.76. The van der Waals surface area contributed by atoms with Gasteiger partial charge in [0.2, 0.25) is 0 Å². The predicted molar refractivity (Wildman–Crippen MR) is 92.2 cm³/mol. The van der Waals surface area contributed by atoms with Crippen LogP contribution in [0.2, 0.25) is 0 Å².